The molecule has 0 atom stereocenters. The SMILES string of the molecule is CN(C)C(=O)Cc1ccccc1Br. The van der Waals surface area contributed by atoms with Gasteiger partial charge in [-0.3, -0.25) is 4.79 Å². The van der Waals surface area contributed by atoms with Crippen molar-refractivity contribution in [3.05, 3.63) is 34.3 Å². The van der Waals surface area contributed by atoms with Crippen LogP contribution in [0, 0.1) is 0 Å². The van der Waals surface area contributed by atoms with E-state index < -0.39 is 0 Å². The second kappa shape index (κ2) is 4.42. The highest BCUT2D eigenvalue weighted by Crippen LogP contribution is 2.16. The highest BCUT2D eigenvalue weighted by Gasteiger charge is 2.07. The molecule has 0 heterocycles. The maximum atomic E-state index is 11.4. The minimum atomic E-state index is 0.118. The van der Waals surface area contributed by atoms with Crippen LogP contribution in [0.4, 0.5) is 0 Å². The lowest BCUT2D eigenvalue weighted by Gasteiger charge is -2.10. The van der Waals surface area contributed by atoms with Gasteiger partial charge in [-0.05, 0) is 11.6 Å². The zero-order valence-electron chi connectivity index (χ0n) is 7.75. The summed E-state index contributed by atoms with van der Waals surface area (Å²) in [5.41, 5.74) is 1.03. The molecule has 70 valence electrons. The van der Waals surface area contributed by atoms with Gasteiger partial charge in [0.1, 0.15) is 0 Å². The molecule has 0 unspecified atom stereocenters. The summed E-state index contributed by atoms with van der Waals surface area (Å²) < 4.78 is 0.991. The number of hydrogen-bond acceptors (Lipinski definition) is 1. The molecule has 3 heteroatoms. The fourth-order valence-corrected chi connectivity index (χ4v) is 1.39. The molecule has 0 aliphatic heterocycles. The summed E-state index contributed by atoms with van der Waals surface area (Å²) in [5, 5.41) is 0. The normalized spacial score (nSPS) is 9.77. The molecule has 1 amide bonds. The third kappa shape index (κ3) is 2.84. The number of likely N-dealkylation sites (N-methyl/N-ethyl adjacent to an activating group) is 1. The number of amides is 1. The predicted molar refractivity (Wildman–Crippen MR) is 56.5 cm³/mol. The van der Waals surface area contributed by atoms with Crippen molar-refractivity contribution >= 4 is 21.8 Å². The topological polar surface area (TPSA) is 20.3 Å². The van der Waals surface area contributed by atoms with Gasteiger partial charge in [0, 0.05) is 18.6 Å². The third-order valence-electron chi connectivity index (χ3n) is 1.80. The molecule has 0 N–H and O–H groups in total. The molecule has 0 saturated heterocycles. The van der Waals surface area contributed by atoms with E-state index in [-0.39, 0.29) is 5.91 Å². The van der Waals surface area contributed by atoms with Gasteiger partial charge in [-0.15, -0.1) is 0 Å². The van der Waals surface area contributed by atoms with Gasteiger partial charge in [-0.1, -0.05) is 34.1 Å². The van der Waals surface area contributed by atoms with Crippen LogP contribution in [0.5, 0.6) is 0 Å². The van der Waals surface area contributed by atoms with Gasteiger partial charge >= 0.3 is 0 Å². The minimum Gasteiger partial charge on any atom is -0.349 e. The Labute approximate surface area is 86.7 Å². The zero-order valence-corrected chi connectivity index (χ0v) is 9.34. The first kappa shape index (κ1) is 10.3. The molecule has 0 aliphatic carbocycles. The van der Waals surface area contributed by atoms with Gasteiger partial charge < -0.3 is 4.90 Å². The van der Waals surface area contributed by atoms with Crippen LogP contribution >= 0.6 is 15.9 Å². The molecule has 1 rings (SSSR count). The summed E-state index contributed by atoms with van der Waals surface area (Å²) in [4.78, 5) is 13.0. The standard InChI is InChI=1S/C10H12BrNO/c1-12(2)10(13)7-8-5-3-4-6-9(8)11/h3-6H,7H2,1-2H3. The van der Waals surface area contributed by atoms with Crippen molar-refractivity contribution < 1.29 is 4.79 Å². The van der Waals surface area contributed by atoms with Crippen molar-refractivity contribution in [1.29, 1.82) is 0 Å². The summed E-state index contributed by atoms with van der Waals surface area (Å²) in [6.45, 7) is 0. The maximum Gasteiger partial charge on any atom is 0.226 e. The quantitative estimate of drug-likeness (QED) is 0.777. The summed E-state index contributed by atoms with van der Waals surface area (Å²) in [6, 6.07) is 7.76. The molecule has 0 saturated carbocycles. The van der Waals surface area contributed by atoms with E-state index in [4.69, 9.17) is 0 Å². The molecule has 0 radical (unpaired) electrons. The Morgan fingerprint density at radius 2 is 2.00 bits per heavy atom. The third-order valence-corrected chi connectivity index (χ3v) is 2.57. The molecule has 1 aromatic carbocycles. The van der Waals surface area contributed by atoms with E-state index in [9.17, 15) is 4.79 Å². The van der Waals surface area contributed by atoms with Crippen LogP contribution in [-0.2, 0) is 11.2 Å². The first-order valence-corrected chi connectivity index (χ1v) is 4.84. The van der Waals surface area contributed by atoms with Crippen molar-refractivity contribution in [1.82, 2.24) is 4.90 Å². The molecular formula is C10H12BrNO. The van der Waals surface area contributed by atoms with Crippen LogP contribution in [0.3, 0.4) is 0 Å². The van der Waals surface area contributed by atoms with Crippen molar-refractivity contribution in [2.24, 2.45) is 0 Å². The Balaban J connectivity index is 2.75. The molecule has 0 aromatic heterocycles. The molecule has 0 fully saturated rings. The molecule has 2 nitrogen and oxygen atoms in total. The lowest BCUT2D eigenvalue weighted by Crippen LogP contribution is -2.23. The van der Waals surface area contributed by atoms with E-state index in [1.54, 1.807) is 19.0 Å². The maximum absolute atomic E-state index is 11.4. The summed E-state index contributed by atoms with van der Waals surface area (Å²) >= 11 is 3.40. The number of hydrogen-bond donors (Lipinski definition) is 0. The van der Waals surface area contributed by atoms with Gasteiger partial charge in [-0.2, -0.15) is 0 Å². The van der Waals surface area contributed by atoms with Crippen LogP contribution in [0.1, 0.15) is 5.56 Å². The van der Waals surface area contributed by atoms with E-state index in [1.165, 1.54) is 0 Å². The molecular weight excluding hydrogens is 230 g/mol. The van der Waals surface area contributed by atoms with Gasteiger partial charge in [-0.25, -0.2) is 0 Å². The Bertz CT molecular complexity index is 310. The molecule has 0 spiro atoms. The highest BCUT2D eigenvalue weighted by molar-refractivity contribution is 9.10. The lowest BCUT2D eigenvalue weighted by molar-refractivity contribution is -0.127. The minimum absolute atomic E-state index is 0.118. The number of rotatable bonds is 2. The van der Waals surface area contributed by atoms with Crippen molar-refractivity contribution in [3.8, 4) is 0 Å². The fourth-order valence-electron chi connectivity index (χ4n) is 0.963. The Morgan fingerprint density at radius 3 is 2.54 bits per heavy atom. The summed E-state index contributed by atoms with van der Waals surface area (Å²) in [6.07, 6.45) is 0.453. The Hall–Kier alpha value is -0.830. The predicted octanol–water partition coefficient (Wildman–Crippen LogP) is 2.08. The smallest absolute Gasteiger partial charge is 0.226 e. The number of nitrogens with zero attached hydrogens (tertiary/aromatic N) is 1. The first-order chi connectivity index (χ1) is 6.11. The molecule has 13 heavy (non-hydrogen) atoms. The zero-order chi connectivity index (χ0) is 9.84. The first-order valence-electron chi connectivity index (χ1n) is 4.05. The van der Waals surface area contributed by atoms with E-state index >= 15 is 0 Å². The monoisotopic (exact) mass is 241 g/mol. The Kier molecular flexibility index (Phi) is 3.48. The fraction of sp³-hybridized carbons (Fsp3) is 0.300. The van der Waals surface area contributed by atoms with Crippen molar-refractivity contribution in [2.75, 3.05) is 14.1 Å². The van der Waals surface area contributed by atoms with E-state index in [0.717, 1.165) is 10.0 Å². The molecule has 1 aromatic rings. The van der Waals surface area contributed by atoms with E-state index in [2.05, 4.69) is 15.9 Å². The number of carbonyl (C=O) groups excluding carboxylic acids is 1. The van der Waals surface area contributed by atoms with Gasteiger partial charge in [0.25, 0.3) is 0 Å². The number of carbonyl (C=O) groups is 1. The number of benzene rings is 1. The van der Waals surface area contributed by atoms with Gasteiger partial charge in [0.05, 0.1) is 6.42 Å². The van der Waals surface area contributed by atoms with Gasteiger partial charge in [0.2, 0.25) is 5.91 Å². The van der Waals surface area contributed by atoms with Crippen LogP contribution in [0.2, 0.25) is 0 Å². The van der Waals surface area contributed by atoms with Crippen LogP contribution in [-0.4, -0.2) is 24.9 Å². The van der Waals surface area contributed by atoms with Crippen molar-refractivity contribution in [3.63, 3.8) is 0 Å². The van der Waals surface area contributed by atoms with E-state index in [0.29, 0.717) is 6.42 Å². The number of halogens is 1. The Morgan fingerprint density at radius 1 is 1.38 bits per heavy atom. The second-order valence-electron chi connectivity index (χ2n) is 3.06. The van der Waals surface area contributed by atoms with Crippen LogP contribution in [0.25, 0.3) is 0 Å². The van der Waals surface area contributed by atoms with Gasteiger partial charge in [0.15, 0.2) is 0 Å². The summed E-state index contributed by atoms with van der Waals surface area (Å²) in [7, 11) is 3.53. The molecule has 0 aliphatic rings. The average molecular weight is 242 g/mol. The summed E-state index contributed by atoms with van der Waals surface area (Å²) in [5.74, 6) is 0.118. The van der Waals surface area contributed by atoms with Crippen LogP contribution in [0.15, 0.2) is 28.7 Å². The average Bonchev–Trinajstić information content (AvgIpc) is 2.08. The lowest BCUT2D eigenvalue weighted by atomic mass is 10.1. The van der Waals surface area contributed by atoms with Crippen LogP contribution < -0.4 is 0 Å². The second-order valence-corrected chi connectivity index (χ2v) is 3.91. The molecule has 0 bridgehead atoms. The van der Waals surface area contributed by atoms with Crippen molar-refractivity contribution in [2.45, 2.75) is 6.42 Å². The largest absolute Gasteiger partial charge is 0.349 e. The highest BCUT2D eigenvalue weighted by atomic mass is 79.9. The van der Waals surface area contributed by atoms with E-state index in [1.807, 2.05) is 24.3 Å².